The first-order valence-electron chi connectivity index (χ1n) is 6.01. The third-order valence-corrected chi connectivity index (χ3v) is 3.53. The molecule has 0 aromatic carbocycles. The number of H-pyrrole nitrogens is 1. The summed E-state index contributed by atoms with van der Waals surface area (Å²) in [6.07, 6.45) is 2.49. The average molecular weight is 280 g/mol. The first-order chi connectivity index (χ1) is 9.29. The Kier molecular flexibility index (Phi) is 5.20. The van der Waals surface area contributed by atoms with Crippen LogP contribution in [-0.2, 0) is 11.2 Å². The van der Waals surface area contributed by atoms with Crippen LogP contribution in [0.2, 0.25) is 0 Å². The number of hydrogen-bond acceptors (Lipinski definition) is 6. The van der Waals surface area contributed by atoms with E-state index in [0.717, 1.165) is 35.1 Å². The molecular formula is C12H16N4O2S. The molecule has 0 amide bonds. The zero-order chi connectivity index (χ0) is 13.5. The molecule has 0 atom stereocenters. The highest BCUT2D eigenvalue weighted by Crippen LogP contribution is 2.21. The number of aromatic amines is 1. The van der Waals surface area contributed by atoms with Gasteiger partial charge in [-0.15, -0.1) is 10.2 Å². The number of rotatable bonds is 7. The number of methoxy groups -OCH3 is 1. The first kappa shape index (κ1) is 13.9. The lowest BCUT2D eigenvalue weighted by Gasteiger charge is -2.00. The van der Waals surface area contributed by atoms with E-state index < -0.39 is 0 Å². The van der Waals surface area contributed by atoms with Crippen molar-refractivity contribution in [3.05, 3.63) is 33.7 Å². The van der Waals surface area contributed by atoms with Crippen LogP contribution in [0, 0.1) is 0 Å². The monoisotopic (exact) mass is 280 g/mol. The molecule has 19 heavy (non-hydrogen) atoms. The van der Waals surface area contributed by atoms with Crippen LogP contribution in [0.1, 0.15) is 5.01 Å². The van der Waals surface area contributed by atoms with E-state index in [2.05, 4.69) is 20.5 Å². The van der Waals surface area contributed by atoms with Gasteiger partial charge in [0.1, 0.15) is 10.0 Å². The normalized spacial score (nSPS) is 10.8. The van der Waals surface area contributed by atoms with Crippen LogP contribution in [0.3, 0.4) is 0 Å². The highest BCUT2D eigenvalue weighted by atomic mass is 32.1. The summed E-state index contributed by atoms with van der Waals surface area (Å²) in [7, 11) is 1.68. The van der Waals surface area contributed by atoms with Gasteiger partial charge in [0.05, 0.1) is 6.61 Å². The molecule has 0 aliphatic carbocycles. The van der Waals surface area contributed by atoms with Gasteiger partial charge in [-0.1, -0.05) is 11.3 Å². The van der Waals surface area contributed by atoms with Gasteiger partial charge in [0, 0.05) is 44.4 Å². The second-order valence-corrected chi connectivity index (χ2v) is 5.00. The Bertz CT molecular complexity index is 546. The molecule has 0 unspecified atom stereocenters. The smallest absolute Gasteiger partial charge is 0.247 e. The van der Waals surface area contributed by atoms with E-state index >= 15 is 0 Å². The molecule has 2 N–H and O–H groups in total. The van der Waals surface area contributed by atoms with Crippen LogP contribution in [-0.4, -0.2) is 42.0 Å². The predicted molar refractivity (Wildman–Crippen MR) is 74.4 cm³/mol. The van der Waals surface area contributed by atoms with Crippen LogP contribution >= 0.6 is 11.3 Å². The van der Waals surface area contributed by atoms with Crippen molar-refractivity contribution >= 4 is 11.3 Å². The van der Waals surface area contributed by atoms with Crippen molar-refractivity contribution in [1.29, 1.82) is 0 Å². The number of nitrogens with zero attached hydrogens (tertiary/aromatic N) is 2. The molecule has 0 aliphatic heterocycles. The Morgan fingerprint density at radius 3 is 3.00 bits per heavy atom. The molecule has 2 aromatic heterocycles. The van der Waals surface area contributed by atoms with Crippen LogP contribution < -0.4 is 10.9 Å². The largest absolute Gasteiger partial charge is 0.383 e. The Balaban J connectivity index is 1.88. The van der Waals surface area contributed by atoms with Crippen molar-refractivity contribution in [2.24, 2.45) is 0 Å². The van der Waals surface area contributed by atoms with Crippen molar-refractivity contribution in [3.63, 3.8) is 0 Å². The molecule has 2 aromatic rings. The summed E-state index contributed by atoms with van der Waals surface area (Å²) in [6.45, 7) is 2.39. The standard InChI is InChI=1S/C12H16N4O2S/c1-18-7-6-13-5-4-11-15-16-12(19-11)9-2-3-10(17)14-8-9/h2-3,8,13H,4-7H2,1H3,(H,14,17). The van der Waals surface area contributed by atoms with Gasteiger partial charge < -0.3 is 15.0 Å². The van der Waals surface area contributed by atoms with Crippen LogP contribution in [0.25, 0.3) is 10.6 Å². The van der Waals surface area contributed by atoms with Crippen molar-refractivity contribution in [2.45, 2.75) is 6.42 Å². The van der Waals surface area contributed by atoms with Crippen molar-refractivity contribution in [2.75, 3.05) is 26.8 Å². The van der Waals surface area contributed by atoms with E-state index in [4.69, 9.17) is 4.74 Å². The van der Waals surface area contributed by atoms with Gasteiger partial charge in [-0.05, 0) is 6.07 Å². The second-order valence-electron chi connectivity index (χ2n) is 3.94. The molecule has 0 aliphatic rings. The second kappa shape index (κ2) is 7.13. The average Bonchev–Trinajstić information content (AvgIpc) is 2.88. The maximum absolute atomic E-state index is 11.0. The number of ether oxygens (including phenoxy) is 1. The highest BCUT2D eigenvalue weighted by Gasteiger charge is 2.06. The fourth-order valence-electron chi connectivity index (χ4n) is 1.51. The quantitative estimate of drug-likeness (QED) is 0.729. The van der Waals surface area contributed by atoms with Crippen molar-refractivity contribution in [1.82, 2.24) is 20.5 Å². The van der Waals surface area contributed by atoms with E-state index in [1.165, 1.54) is 6.07 Å². The zero-order valence-electron chi connectivity index (χ0n) is 10.7. The van der Waals surface area contributed by atoms with Gasteiger partial charge >= 0.3 is 0 Å². The lowest BCUT2D eigenvalue weighted by molar-refractivity contribution is 0.199. The zero-order valence-corrected chi connectivity index (χ0v) is 11.5. The summed E-state index contributed by atoms with van der Waals surface area (Å²) < 4.78 is 4.95. The van der Waals surface area contributed by atoms with Gasteiger partial charge in [-0.25, -0.2) is 0 Å². The highest BCUT2D eigenvalue weighted by molar-refractivity contribution is 7.14. The van der Waals surface area contributed by atoms with E-state index in [1.807, 2.05) is 0 Å². The molecule has 0 bridgehead atoms. The molecule has 6 nitrogen and oxygen atoms in total. The third kappa shape index (κ3) is 4.23. The molecular weight excluding hydrogens is 264 g/mol. The minimum absolute atomic E-state index is 0.115. The summed E-state index contributed by atoms with van der Waals surface area (Å²) in [6, 6.07) is 3.24. The van der Waals surface area contributed by atoms with E-state index in [-0.39, 0.29) is 5.56 Å². The Morgan fingerprint density at radius 2 is 2.26 bits per heavy atom. The minimum Gasteiger partial charge on any atom is -0.383 e. The van der Waals surface area contributed by atoms with Crippen LogP contribution in [0.4, 0.5) is 0 Å². The van der Waals surface area contributed by atoms with E-state index in [9.17, 15) is 4.79 Å². The lowest BCUT2D eigenvalue weighted by atomic mass is 10.3. The molecule has 102 valence electrons. The molecule has 0 saturated carbocycles. The number of aromatic nitrogens is 3. The minimum atomic E-state index is -0.115. The maximum atomic E-state index is 11.0. The summed E-state index contributed by atoms with van der Waals surface area (Å²) in [5, 5.41) is 13.3. The Hall–Kier alpha value is -1.57. The molecule has 2 rings (SSSR count). The molecule has 0 spiro atoms. The number of nitrogens with one attached hydrogen (secondary N) is 2. The topological polar surface area (TPSA) is 79.9 Å². The maximum Gasteiger partial charge on any atom is 0.247 e. The summed E-state index contributed by atoms with van der Waals surface area (Å²) >= 11 is 1.54. The molecule has 0 fully saturated rings. The lowest BCUT2D eigenvalue weighted by Crippen LogP contribution is -2.21. The third-order valence-electron chi connectivity index (χ3n) is 2.50. The summed E-state index contributed by atoms with van der Waals surface area (Å²) in [5.74, 6) is 0. The molecule has 0 radical (unpaired) electrons. The number of pyridine rings is 1. The molecule has 7 heteroatoms. The Labute approximate surface area is 114 Å². The Morgan fingerprint density at radius 1 is 1.37 bits per heavy atom. The van der Waals surface area contributed by atoms with E-state index in [0.29, 0.717) is 6.61 Å². The number of hydrogen-bond donors (Lipinski definition) is 2. The van der Waals surface area contributed by atoms with Crippen molar-refractivity contribution < 1.29 is 4.74 Å². The van der Waals surface area contributed by atoms with E-state index in [1.54, 1.807) is 30.7 Å². The van der Waals surface area contributed by atoms with Gasteiger partial charge in [-0.2, -0.15) is 0 Å². The van der Waals surface area contributed by atoms with Crippen molar-refractivity contribution in [3.8, 4) is 10.6 Å². The van der Waals surface area contributed by atoms with Gasteiger partial charge in [0.2, 0.25) is 5.56 Å². The summed E-state index contributed by atoms with van der Waals surface area (Å²) in [5.41, 5.74) is 0.770. The SMILES string of the molecule is COCCNCCc1nnc(-c2ccc(=O)[nH]c2)s1. The fraction of sp³-hybridized carbons (Fsp3) is 0.417. The van der Waals surface area contributed by atoms with Gasteiger partial charge in [0.25, 0.3) is 0 Å². The molecule has 0 saturated heterocycles. The first-order valence-corrected chi connectivity index (χ1v) is 6.82. The predicted octanol–water partition coefficient (Wildman–Crippen LogP) is 0.672. The fourth-order valence-corrected chi connectivity index (χ4v) is 2.34. The molecule has 2 heterocycles. The van der Waals surface area contributed by atoms with Crippen LogP contribution in [0.15, 0.2) is 23.1 Å². The van der Waals surface area contributed by atoms with Gasteiger partial charge in [-0.3, -0.25) is 4.79 Å². The van der Waals surface area contributed by atoms with Crippen LogP contribution in [0.5, 0.6) is 0 Å². The van der Waals surface area contributed by atoms with Gasteiger partial charge in [0.15, 0.2) is 0 Å². The summed E-state index contributed by atoms with van der Waals surface area (Å²) in [4.78, 5) is 13.6.